The van der Waals surface area contributed by atoms with Gasteiger partial charge in [0.1, 0.15) is 5.75 Å². The summed E-state index contributed by atoms with van der Waals surface area (Å²) in [5, 5.41) is 12.8. The van der Waals surface area contributed by atoms with E-state index in [2.05, 4.69) is 19.2 Å². The summed E-state index contributed by atoms with van der Waals surface area (Å²) in [6.07, 6.45) is 1.06. The molecule has 2 rings (SSSR count). The maximum atomic E-state index is 12.2. The van der Waals surface area contributed by atoms with E-state index in [1.807, 2.05) is 12.1 Å². The Labute approximate surface area is 129 Å². The van der Waals surface area contributed by atoms with E-state index in [4.69, 9.17) is 11.6 Å². The van der Waals surface area contributed by atoms with Crippen molar-refractivity contribution < 1.29 is 9.90 Å². The molecule has 21 heavy (non-hydrogen) atoms. The minimum atomic E-state index is -0.275. The van der Waals surface area contributed by atoms with Crippen molar-refractivity contribution in [1.82, 2.24) is 0 Å². The van der Waals surface area contributed by atoms with Crippen molar-refractivity contribution >= 4 is 23.2 Å². The van der Waals surface area contributed by atoms with Crippen LogP contribution in [0.5, 0.6) is 5.75 Å². The van der Waals surface area contributed by atoms with Crippen molar-refractivity contribution in [3.05, 3.63) is 58.6 Å². The van der Waals surface area contributed by atoms with Crippen LogP contribution in [0.3, 0.4) is 0 Å². The van der Waals surface area contributed by atoms with Gasteiger partial charge in [-0.2, -0.15) is 0 Å². The van der Waals surface area contributed by atoms with Crippen LogP contribution in [0, 0.1) is 0 Å². The van der Waals surface area contributed by atoms with Crippen LogP contribution in [0.1, 0.15) is 42.1 Å². The van der Waals surface area contributed by atoms with Crippen molar-refractivity contribution in [3.8, 4) is 5.75 Å². The maximum Gasteiger partial charge on any atom is 0.255 e. The first-order valence-corrected chi connectivity index (χ1v) is 7.29. The fourth-order valence-electron chi connectivity index (χ4n) is 2.00. The number of benzene rings is 2. The summed E-state index contributed by atoms with van der Waals surface area (Å²) in [6.45, 7) is 4.28. The molecule has 110 valence electrons. The molecular formula is C17H18ClNO2. The second-order valence-corrected chi connectivity index (χ2v) is 5.48. The highest BCUT2D eigenvalue weighted by Crippen LogP contribution is 2.27. The van der Waals surface area contributed by atoms with Crippen LogP contribution in [0.4, 0.5) is 5.69 Å². The van der Waals surface area contributed by atoms with Gasteiger partial charge in [-0.3, -0.25) is 4.79 Å². The Morgan fingerprint density at radius 2 is 1.90 bits per heavy atom. The Hall–Kier alpha value is -2.00. The number of halogens is 1. The molecule has 2 N–H and O–H groups in total. The van der Waals surface area contributed by atoms with E-state index in [9.17, 15) is 9.90 Å². The lowest BCUT2D eigenvalue weighted by Gasteiger charge is -2.11. The molecule has 1 atom stereocenters. The van der Waals surface area contributed by atoms with Crippen molar-refractivity contribution in [2.75, 3.05) is 5.32 Å². The molecule has 0 heterocycles. The Bertz CT molecular complexity index is 638. The van der Waals surface area contributed by atoms with Gasteiger partial charge in [0.05, 0.1) is 5.69 Å². The van der Waals surface area contributed by atoms with Crippen LogP contribution in [0.2, 0.25) is 5.02 Å². The molecule has 2 aromatic rings. The zero-order chi connectivity index (χ0) is 15.4. The van der Waals surface area contributed by atoms with Gasteiger partial charge in [-0.25, -0.2) is 0 Å². The number of aromatic hydroxyl groups is 1. The number of carbonyl (C=O) groups excluding carboxylic acids is 1. The first-order valence-electron chi connectivity index (χ1n) is 6.91. The fraction of sp³-hybridized carbons (Fsp3) is 0.235. The Morgan fingerprint density at radius 3 is 2.52 bits per heavy atom. The van der Waals surface area contributed by atoms with Crippen LogP contribution >= 0.6 is 11.6 Å². The molecule has 0 radical (unpaired) electrons. The highest BCUT2D eigenvalue weighted by atomic mass is 35.5. The number of hydrogen-bond acceptors (Lipinski definition) is 2. The molecule has 1 amide bonds. The van der Waals surface area contributed by atoms with E-state index in [1.165, 1.54) is 17.7 Å². The molecular weight excluding hydrogens is 286 g/mol. The van der Waals surface area contributed by atoms with Crippen LogP contribution in [-0.2, 0) is 0 Å². The number of phenols is 1. The van der Waals surface area contributed by atoms with Gasteiger partial charge in [0.25, 0.3) is 5.91 Å². The Kier molecular flexibility index (Phi) is 4.86. The average molecular weight is 304 g/mol. The number of hydrogen-bond donors (Lipinski definition) is 2. The van der Waals surface area contributed by atoms with Gasteiger partial charge in [-0.15, -0.1) is 0 Å². The quantitative estimate of drug-likeness (QED) is 0.796. The Morgan fingerprint density at radius 1 is 1.24 bits per heavy atom. The second-order valence-electron chi connectivity index (χ2n) is 5.05. The van der Waals surface area contributed by atoms with Gasteiger partial charge in [0.15, 0.2) is 0 Å². The zero-order valence-corrected chi connectivity index (χ0v) is 12.8. The highest BCUT2D eigenvalue weighted by molar-refractivity contribution is 6.31. The summed E-state index contributed by atoms with van der Waals surface area (Å²) in [6, 6.07) is 12.0. The molecule has 2 aromatic carbocycles. The minimum Gasteiger partial charge on any atom is -0.506 e. The predicted molar refractivity (Wildman–Crippen MR) is 86.2 cm³/mol. The summed E-state index contributed by atoms with van der Waals surface area (Å²) >= 11 is 5.86. The molecule has 1 unspecified atom stereocenters. The van der Waals surface area contributed by atoms with Crippen molar-refractivity contribution in [3.63, 3.8) is 0 Å². The first-order chi connectivity index (χ1) is 10.0. The van der Waals surface area contributed by atoms with Crippen molar-refractivity contribution in [2.24, 2.45) is 0 Å². The lowest BCUT2D eigenvalue weighted by Crippen LogP contribution is -2.12. The smallest absolute Gasteiger partial charge is 0.255 e. The molecule has 0 saturated carbocycles. The van der Waals surface area contributed by atoms with Crippen LogP contribution < -0.4 is 5.32 Å². The lowest BCUT2D eigenvalue weighted by atomic mass is 9.97. The van der Waals surface area contributed by atoms with Crippen LogP contribution in [0.15, 0.2) is 42.5 Å². The molecule has 0 aromatic heterocycles. The van der Waals surface area contributed by atoms with Gasteiger partial charge in [-0.1, -0.05) is 37.6 Å². The number of rotatable bonds is 4. The summed E-state index contributed by atoms with van der Waals surface area (Å²) in [5.41, 5.74) is 2.06. The minimum absolute atomic E-state index is 0.0102. The van der Waals surface area contributed by atoms with Gasteiger partial charge in [0, 0.05) is 10.6 Å². The van der Waals surface area contributed by atoms with Gasteiger partial charge >= 0.3 is 0 Å². The monoisotopic (exact) mass is 303 g/mol. The number of amides is 1. The van der Waals surface area contributed by atoms with Gasteiger partial charge in [0.2, 0.25) is 0 Å². The number of nitrogens with one attached hydrogen (secondary N) is 1. The molecule has 0 aliphatic heterocycles. The van der Waals surface area contributed by atoms with E-state index < -0.39 is 0 Å². The molecule has 0 fully saturated rings. The van der Waals surface area contributed by atoms with E-state index >= 15 is 0 Å². The van der Waals surface area contributed by atoms with E-state index in [0.29, 0.717) is 22.2 Å². The summed E-state index contributed by atoms with van der Waals surface area (Å²) in [5.74, 6) is 0.186. The van der Waals surface area contributed by atoms with Crippen LogP contribution in [-0.4, -0.2) is 11.0 Å². The third kappa shape index (κ3) is 3.76. The fourth-order valence-corrected chi connectivity index (χ4v) is 2.17. The first kappa shape index (κ1) is 15.4. The second kappa shape index (κ2) is 6.64. The van der Waals surface area contributed by atoms with Crippen molar-refractivity contribution in [2.45, 2.75) is 26.2 Å². The lowest BCUT2D eigenvalue weighted by molar-refractivity contribution is 0.102. The molecule has 0 aliphatic rings. The SMILES string of the molecule is CCC(C)c1ccc(C(=O)Nc2cc(Cl)ccc2O)cc1. The number of anilines is 1. The molecule has 0 aliphatic carbocycles. The van der Waals surface area contributed by atoms with E-state index in [-0.39, 0.29) is 11.7 Å². The highest BCUT2D eigenvalue weighted by Gasteiger charge is 2.10. The zero-order valence-electron chi connectivity index (χ0n) is 12.1. The number of carbonyl (C=O) groups is 1. The standard InChI is InChI=1S/C17H18ClNO2/c1-3-11(2)12-4-6-13(7-5-12)17(21)19-15-10-14(18)8-9-16(15)20/h4-11,20H,3H2,1-2H3,(H,19,21). The number of phenolic OH excluding ortho intramolecular Hbond substituents is 1. The molecule has 0 bridgehead atoms. The normalized spacial score (nSPS) is 12.0. The molecule has 4 heteroatoms. The van der Waals surface area contributed by atoms with Gasteiger partial charge < -0.3 is 10.4 Å². The van der Waals surface area contributed by atoms with E-state index in [1.54, 1.807) is 18.2 Å². The largest absolute Gasteiger partial charge is 0.506 e. The van der Waals surface area contributed by atoms with Crippen LogP contribution in [0.25, 0.3) is 0 Å². The third-order valence-electron chi connectivity index (χ3n) is 3.56. The predicted octanol–water partition coefficient (Wildman–Crippen LogP) is 4.81. The van der Waals surface area contributed by atoms with Gasteiger partial charge in [-0.05, 0) is 48.2 Å². The maximum absolute atomic E-state index is 12.2. The third-order valence-corrected chi connectivity index (χ3v) is 3.80. The summed E-state index contributed by atoms with van der Waals surface area (Å²) in [7, 11) is 0. The average Bonchev–Trinajstić information content (AvgIpc) is 2.50. The molecule has 3 nitrogen and oxygen atoms in total. The molecule has 0 spiro atoms. The Balaban J connectivity index is 2.15. The molecule has 0 saturated heterocycles. The summed E-state index contributed by atoms with van der Waals surface area (Å²) < 4.78 is 0. The van der Waals surface area contributed by atoms with Crippen molar-refractivity contribution in [1.29, 1.82) is 0 Å². The van der Waals surface area contributed by atoms with E-state index in [0.717, 1.165) is 6.42 Å². The topological polar surface area (TPSA) is 49.3 Å². The summed E-state index contributed by atoms with van der Waals surface area (Å²) in [4.78, 5) is 12.2.